The topological polar surface area (TPSA) is 90.0 Å². The van der Waals surface area contributed by atoms with Crippen molar-refractivity contribution in [2.75, 3.05) is 45.8 Å². The summed E-state index contributed by atoms with van der Waals surface area (Å²) >= 11 is 0. The van der Waals surface area contributed by atoms with Gasteiger partial charge in [0.05, 0.1) is 18.0 Å². The highest BCUT2D eigenvalue weighted by Crippen LogP contribution is 2.26. The van der Waals surface area contributed by atoms with E-state index in [0.717, 1.165) is 24.8 Å². The molecule has 1 N–H and O–H groups in total. The predicted octanol–water partition coefficient (Wildman–Crippen LogP) is 0.855. The van der Waals surface area contributed by atoms with E-state index in [0.29, 0.717) is 24.5 Å². The van der Waals surface area contributed by atoms with E-state index in [-0.39, 0.29) is 44.0 Å². The SMILES string of the molecule is CCN(CC(=O)NC(C)C)CC(=O)N1CCN(S(=O)(=O)c2ccc3c(c2)CCC3)CC1. The van der Waals surface area contributed by atoms with Gasteiger partial charge in [0.15, 0.2) is 0 Å². The number of benzene rings is 1. The molecule has 0 saturated carbocycles. The number of carbonyl (C=O) groups excluding carboxylic acids is 2. The van der Waals surface area contributed by atoms with Crippen LogP contribution in [0, 0.1) is 0 Å². The molecule has 172 valence electrons. The molecule has 1 saturated heterocycles. The summed E-state index contributed by atoms with van der Waals surface area (Å²) in [4.78, 5) is 28.5. The third-order valence-corrected chi connectivity index (χ3v) is 7.82. The molecular weight excluding hydrogens is 416 g/mol. The van der Waals surface area contributed by atoms with Gasteiger partial charge in [0.1, 0.15) is 0 Å². The Morgan fingerprint density at radius 3 is 2.39 bits per heavy atom. The van der Waals surface area contributed by atoms with E-state index in [2.05, 4.69) is 5.32 Å². The molecule has 8 nitrogen and oxygen atoms in total. The predicted molar refractivity (Wildman–Crippen MR) is 119 cm³/mol. The van der Waals surface area contributed by atoms with Gasteiger partial charge in [-0.2, -0.15) is 4.31 Å². The van der Waals surface area contributed by atoms with Crippen LogP contribution in [0.2, 0.25) is 0 Å². The van der Waals surface area contributed by atoms with E-state index < -0.39 is 10.0 Å². The number of carbonyl (C=O) groups is 2. The fourth-order valence-electron chi connectivity index (χ4n) is 4.18. The van der Waals surface area contributed by atoms with Crippen LogP contribution in [0.1, 0.15) is 38.3 Å². The van der Waals surface area contributed by atoms with Crippen molar-refractivity contribution in [3.63, 3.8) is 0 Å². The number of amides is 2. The van der Waals surface area contributed by atoms with Crippen LogP contribution >= 0.6 is 0 Å². The van der Waals surface area contributed by atoms with Gasteiger partial charge in [-0.05, 0) is 62.9 Å². The number of nitrogens with zero attached hydrogens (tertiary/aromatic N) is 3. The van der Waals surface area contributed by atoms with Gasteiger partial charge >= 0.3 is 0 Å². The minimum absolute atomic E-state index is 0.0580. The Morgan fingerprint density at radius 1 is 1.06 bits per heavy atom. The quantitative estimate of drug-likeness (QED) is 0.634. The van der Waals surface area contributed by atoms with Gasteiger partial charge < -0.3 is 10.2 Å². The zero-order valence-electron chi connectivity index (χ0n) is 18.8. The molecule has 9 heteroatoms. The Hall–Kier alpha value is -1.97. The van der Waals surface area contributed by atoms with Crippen LogP contribution in [-0.2, 0) is 32.5 Å². The van der Waals surface area contributed by atoms with Crippen molar-refractivity contribution in [2.45, 2.75) is 51.0 Å². The Kier molecular flexibility index (Phi) is 7.72. The molecule has 0 atom stereocenters. The Balaban J connectivity index is 1.54. The Bertz CT molecular complexity index is 908. The van der Waals surface area contributed by atoms with Gasteiger partial charge in [-0.3, -0.25) is 14.5 Å². The Morgan fingerprint density at radius 2 is 1.74 bits per heavy atom. The maximum absolute atomic E-state index is 13.1. The van der Waals surface area contributed by atoms with Crippen LogP contribution in [0.3, 0.4) is 0 Å². The molecule has 3 rings (SSSR count). The molecular formula is C22H34N4O4S. The molecule has 0 radical (unpaired) electrons. The molecule has 1 aromatic rings. The van der Waals surface area contributed by atoms with Crippen LogP contribution in [-0.4, -0.2) is 86.2 Å². The van der Waals surface area contributed by atoms with Crippen molar-refractivity contribution in [1.82, 2.24) is 19.4 Å². The van der Waals surface area contributed by atoms with Gasteiger partial charge in [0, 0.05) is 32.2 Å². The number of nitrogens with one attached hydrogen (secondary N) is 1. The van der Waals surface area contributed by atoms with Gasteiger partial charge in [-0.1, -0.05) is 13.0 Å². The average Bonchev–Trinajstić information content (AvgIpc) is 3.20. The molecule has 1 fully saturated rings. The third-order valence-electron chi connectivity index (χ3n) is 5.92. The van der Waals surface area contributed by atoms with E-state index in [1.54, 1.807) is 15.9 Å². The van der Waals surface area contributed by atoms with E-state index >= 15 is 0 Å². The monoisotopic (exact) mass is 450 g/mol. The first-order chi connectivity index (χ1) is 14.7. The van der Waals surface area contributed by atoms with Gasteiger partial charge in [-0.15, -0.1) is 0 Å². The van der Waals surface area contributed by atoms with E-state index in [1.165, 1.54) is 9.87 Å². The van der Waals surface area contributed by atoms with Gasteiger partial charge in [0.25, 0.3) is 0 Å². The zero-order chi connectivity index (χ0) is 22.6. The number of rotatable bonds is 8. The molecule has 0 aromatic heterocycles. The van der Waals surface area contributed by atoms with Crippen molar-refractivity contribution in [3.8, 4) is 0 Å². The highest BCUT2D eigenvalue weighted by molar-refractivity contribution is 7.89. The van der Waals surface area contributed by atoms with Crippen molar-refractivity contribution in [3.05, 3.63) is 29.3 Å². The molecule has 0 spiro atoms. The number of likely N-dealkylation sites (N-methyl/N-ethyl adjacent to an activating group) is 1. The van der Waals surface area contributed by atoms with Crippen LogP contribution < -0.4 is 5.32 Å². The van der Waals surface area contributed by atoms with Crippen LogP contribution in [0.4, 0.5) is 0 Å². The molecule has 0 bridgehead atoms. The minimum atomic E-state index is -3.56. The number of fused-ring (bicyclic) bond motifs is 1. The minimum Gasteiger partial charge on any atom is -0.353 e. The first kappa shape index (κ1) is 23.7. The maximum Gasteiger partial charge on any atom is 0.243 e. The fourth-order valence-corrected chi connectivity index (χ4v) is 5.65. The lowest BCUT2D eigenvalue weighted by Crippen LogP contribution is -2.53. The van der Waals surface area contributed by atoms with Crippen molar-refractivity contribution < 1.29 is 18.0 Å². The molecule has 1 aliphatic carbocycles. The average molecular weight is 451 g/mol. The largest absolute Gasteiger partial charge is 0.353 e. The highest BCUT2D eigenvalue weighted by atomic mass is 32.2. The lowest BCUT2D eigenvalue weighted by Gasteiger charge is -2.35. The lowest BCUT2D eigenvalue weighted by atomic mass is 10.1. The second-order valence-electron chi connectivity index (χ2n) is 8.59. The summed E-state index contributed by atoms with van der Waals surface area (Å²) in [6.07, 6.45) is 3.03. The number of aryl methyl sites for hydroxylation is 2. The van der Waals surface area contributed by atoms with Crippen LogP contribution in [0.15, 0.2) is 23.1 Å². The fraction of sp³-hybridized carbons (Fsp3) is 0.636. The maximum atomic E-state index is 13.1. The first-order valence-corrected chi connectivity index (χ1v) is 12.6. The molecule has 2 aliphatic rings. The van der Waals surface area contributed by atoms with E-state index in [9.17, 15) is 18.0 Å². The smallest absolute Gasteiger partial charge is 0.243 e. The molecule has 0 unspecified atom stereocenters. The summed E-state index contributed by atoms with van der Waals surface area (Å²) in [5, 5.41) is 2.83. The number of hydrogen-bond acceptors (Lipinski definition) is 5. The summed E-state index contributed by atoms with van der Waals surface area (Å²) < 4.78 is 27.6. The number of piperazine rings is 1. The second-order valence-corrected chi connectivity index (χ2v) is 10.5. The normalized spacial score (nSPS) is 17.3. The van der Waals surface area contributed by atoms with Crippen LogP contribution in [0.5, 0.6) is 0 Å². The molecule has 1 aromatic carbocycles. The third kappa shape index (κ3) is 5.84. The number of hydrogen-bond donors (Lipinski definition) is 1. The lowest BCUT2D eigenvalue weighted by molar-refractivity contribution is -0.134. The van der Waals surface area contributed by atoms with E-state index in [4.69, 9.17) is 0 Å². The Labute approximate surface area is 185 Å². The van der Waals surface area contributed by atoms with Crippen molar-refractivity contribution >= 4 is 21.8 Å². The standard InChI is InChI=1S/C22H34N4O4S/c1-4-24(15-21(27)23-17(2)3)16-22(28)25-10-12-26(13-11-25)31(29,30)20-9-8-18-6-5-7-19(18)14-20/h8-9,14,17H,4-7,10-13,15-16H2,1-3H3,(H,23,27). The first-order valence-electron chi connectivity index (χ1n) is 11.1. The summed E-state index contributed by atoms with van der Waals surface area (Å²) in [6.45, 7) is 7.91. The molecule has 2 amide bonds. The molecule has 1 heterocycles. The summed E-state index contributed by atoms with van der Waals surface area (Å²) in [5.74, 6) is -0.177. The van der Waals surface area contributed by atoms with Crippen LogP contribution in [0.25, 0.3) is 0 Å². The summed E-state index contributed by atoms with van der Waals surface area (Å²) in [5.41, 5.74) is 2.38. The van der Waals surface area contributed by atoms with Gasteiger partial charge in [0.2, 0.25) is 21.8 Å². The van der Waals surface area contributed by atoms with Crippen molar-refractivity contribution in [2.24, 2.45) is 0 Å². The number of sulfonamides is 1. The summed E-state index contributed by atoms with van der Waals surface area (Å²) in [6, 6.07) is 5.51. The summed E-state index contributed by atoms with van der Waals surface area (Å²) in [7, 11) is -3.56. The molecule has 31 heavy (non-hydrogen) atoms. The zero-order valence-corrected chi connectivity index (χ0v) is 19.6. The van der Waals surface area contributed by atoms with Crippen molar-refractivity contribution in [1.29, 1.82) is 0 Å². The van der Waals surface area contributed by atoms with E-state index in [1.807, 2.05) is 32.9 Å². The molecule has 1 aliphatic heterocycles. The van der Waals surface area contributed by atoms with Gasteiger partial charge in [-0.25, -0.2) is 8.42 Å². The second kappa shape index (κ2) is 10.1. The highest BCUT2D eigenvalue weighted by Gasteiger charge is 2.31.